The predicted octanol–water partition coefficient (Wildman–Crippen LogP) is 1.89. The van der Waals surface area contributed by atoms with Crippen LogP contribution in [0.5, 0.6) is 5.75 Å². The van der Waals surface area contributed by atoms with Crippen molar-refractivity contribution < 1.29 is 27.4 Å². The van der Waals surface area contributed by atoms with Crippen molar-refractivity contribution in [1.29, 1.82) is 0 Å². The lowest BCUT2D eigenvalue weighted by Crippen LogP contribution is -2.23. The third-order valence-corrected chi connectivity index (χ3v) is 2.35. The van der Waals surface area contributed by atoms with Crippen LogP contribution in [0.2, 0.25) is 0 Å². The Morgan fingerprint density at radius 1 is 1.33 bits per heavy atom. The Balaban J connectivity index is 3.19. The lowest BCUT2D eigenvalue weighted by molar-refractivity contribution is -0.142. The number of carbonyl (C=O) groups is 1. The molecule has 0 radical (unpaired) electrons. The summed E-state index contributed by atoms with van der Waals surface area (Å²) in [7, 11) is 2.34. The van der Waals surface area contributed by atoms with E-state index in [1.165, 1.54) is 7.11 Å². The summed E-state index contributed by atoms with van der Waals surface area (Å²) < 4.78 is 46.7. The minimum atomic E-state index is -4.48. The minimum Gasteiger partial charge on any atom is -0.496 e. The second kappa shape index (κ2) is 5.26. The number of ether oxygens (including phenoxy) is 2. The van der Waals surface area contributed by atoms with Gasteiger partial charge in [0, 0.05) is 5.56 Å². The van der Waals surface area contributed by atoms with Crippen LogP contribution >= 0.6 is 0 Å². The maximum Gasteiger partial charge on any atom is 0.416 e. The molecule has 0 aromatic heterocycles. The number of carbonyl (C=O) groups excluding carboxylic acids is 1. The van der Waals surface area contributed by atoms with Crippen molar-refractivity contribution in [2.45, 2.75) is 12.2 Å². The molecular weight excluding hydrogens is 251 g/mol. The van der Waals surface area contributed by atoms with Crippen molar-refractivity contribution in [3.8, 4) is 5.75 Å². The summed E-state index contributed by atoms with van der Waals surface area (Å²) in [4.78, 5) is 11.2. The van der Waals surface area contributed by atoms with Gasteiger partial charge in [0.2, 0.25) is 0 Å². The summed E-state index contributed by atoms with van der Waals surface area (Å²) in [5.74, 6) is -0.865. The molecule has 0 amide bonds. The third kappa shape index (κ3) is 2.92. The molecule has 1 rings (SSSR count). The van der Waals surface area contributed by atoms with Gasteiger partial charge >= 0.3 is 12.1 Å². The van der Waals surface area contributed by atoms with Crippen LogP contribution in [-0.2, 0) is 15.7 Å². The van der Waals surface area contributed by atoms with Crippen molar-refractivity contribution in [2.24, 2.45) is 5.73 Å². The maximum atomic E-state index is 12.5. The number of halogens is 3. The average molecular weight is 263 g/mol. The van der Waals surface area contributed by atoms with Crippen LogP contribution in [0.4, 0.5) is 13.2 Å². The van der Waals surface area contributed by atoms with Gasteiger partial charge in [0.1, 0.15) is 11.8 Å². The highest BCUT2D eigenvalue weighted by molar-refractivity contribution is 5.78. The van der Waals surface area contributed by atoms with Gasteiger partial charge in [-0.25, -0.2) is 0 Å². The lowest BCUT2D eigenvalue weighted by atomic mass is 10.0. The number of hydrogen-bond acceptors (Lipinski definition) is 4. The fourth-order valence-electron chi connectivity index (χ4n) is 1.40. The molecule has 2 N–H and O–H groups in total. The van der Waals surface area contributed by atoms with Gasteiger partial charge in [-0.2, -0.15) is 13.2 Å². The topological polar surface area (TPSA) is 61.5 Å². The van der Waals surface area contributed by atoms with Gasteiger partial charge < -0.3 is 15.2 Å². The molecular formula is C11H12F3NO3. The SMILES string of the molecule is COC(=O)[C@H](N)c1ccc(C(F)(F)F)cc1OC. The molecule has 0 unspecified atom stereocenters. The first-order chi connectivity index (χ1) is 8.31. The maximum absolute atomic E-state index is 12.5. The van der Waals surface area contributed by atoms with Gasteiger partial charge in [0.05, 0.1) is 19.8 Å². The van der Waals surface area contributed by atoms with E-state index in [0.29, 0.717) is 0 Å². The zero-order valence-corrected chi connectivity index (χ0v) is 9.75. The van der Waals surface area contributed by atoms with Crippen molar-refractivity contribution >= 4 is 5.97 Å². The molecule has 0 aliphatic carbocycles. The van der Waals surface area contributed by atoms with E-state index in [2.05, 4.69) is 4.74 Å². The number of nitrogens with two attached hydrogens (primary N) is 1. The highest BCUT2D eigenvalue weighted by Gasteiger charge is 2.32. The van der Waals surface area contributed by atoms with E-state index in [1.807, 2.05) is 0 Å². The molecule has 0 spiro atoms. The van der Waals surface area contributed by atoms with E-state index in [4.69, 9.17) is 10.5 Å². The first kappa shape index (κ1) is 14.3. The van der Waals surface area contributed by atoms with Gasteiger partial charge in [-0.15, -0.1) is 0 Å². The van der Waals surface area contributed by atoms with Crippen LogP contribution in [0.25, 0.3) is 0 Å². The van der Waals surface area contributed by atoms with E-state index in [0.717, 1.165) is 25.3 Å². The Morgan fingerprint density at radius 2 is 1.94 bits per heavy atom. The van der Waals surface area contributed by atoms with E-state index in [-0.39, 0.29) is 11.3 Å². The van der Waals surface area contributed by atoms with Crippen molar-refractivity contribution in [1.82, 2.24) is 0 Å². The quantitative estimate of drug-likeness (QED) is 0.846. The zero-order valence-electron chi connectivity index (χ0n) is 9.75. The Bertz CT molecular complexity index is 446. The molecule has 18 heavy (non-hydrogen) atoms. The largest absolute Gasteiger partial charge is 0.496 e. The summed E-state index contributed by atoms with van der Waals surface area (Å²) in [5.41, 5.74) is 4.81. The van der Waals surface area contributed by atoms with Crippen LogP contribution < -0.4 is 10.5 Å². The summed E-state index contributed by atoms with van der Waals surface area (Å²) in [5, 5.41) is 0. The molecule has 0 aliphatic rings. The first-order valence-electron chi connectivity index (χ1n) is 4.89. The fraction of sp³-hybridized carbons (Fsp3) is 0.364. The highest BCUT2D eigenvalue weighted by Crippen LogP contribution is 2.34. The van der Waals surface area contributed by atoms with Gasteiger partial charge in [0.25, 0.3) is 0 Å². The summed E-state index contributed by atoms with van der Waals surface area (Å²) in [6.45, 7) is 0. The normalized spacial score (nSPS) is 13.0. The van der Waals surface area contributed by atoms with Crippen LogP contribution in [0.1, 0.15) is 17.2 Å². The summed E-state index contributed by atoms with van der Waals surface area (Å²) in [6.07, 6.45) is -4.48. The van der Waals surface area contributed by atoms with Crippen molar-refractivity contribution in [3.05, 3.63) is 29.3 Å². The van der Waals surface area contributed by atoms with Crippen LogP contribution in [0.15, 0.2) is 18.2 Å². The Kier molecular flexibility index (Phi) is 4.18. The molecule has 0 fully saturated rings. The molecule has 0 saturated heterocycles. The van der Waals surface area contributed by atoms with Gasteiger partial charge in [-0.1, -0.05) is 6.07 Å². The smallest absolute Gasteiger partial charge is 0.416 e. The highest BCUT2D eigenvalue weighted by atomic mass is 19.4. The van der Waals surface area contributed by atoms with E-state index in [9.17, 15) is 18.0 Å². The number of benzene rings is 1. The molecule has 0 bridgehead atoms. The monoisotopic (exact) mass is 263 g/mol. The third-order valence-electron chi connectivity index (χ3n) is 2.35. The fourth-order valence-corrected chi connectivity index (χ4v) is 1.40. The number of hydrogen-bond donors (Lipinski definition) is 1. The number of methoxy groups -OCH3 is 2. The zero-order chi connectivity index (χ0) is 13.9. The molecule has 0 heterocycles. The van der Waals surface area contributed by atoms with Crippen LogP contribution in [0.3, 0.4) is 0 Å². The van der Waals surface area contributed by atoms with E-state index < -0.39 is 23.8 Å². The number of alkyl halides is 3. The molecule has 1 atom stereocenters. The molecule has 0 saturated carbocycles. The Labute approximate surface area is 101 Å². The molecule has 100 valence electrons. The number of esters is 1. The second-order valence-electron chi connectivity index (χ2n) is 3.46. The molecule has 1 aromatic carbocycles. The van der Waals surface area contributed by atoms with Gasteiger partial charge in [-0.05, 0) is 12.1 Å². The second-order valence-corrected chi connectivity index (χ2v) is 3.46. The minimum absolute atomic E-state index is 0.109. The van der Waals surface area contributed by atoms with Crippen molar-refractivity contribution in [2.75, 3.05) is 14.2 Å². The Morgan fingerprint density at radius 3 is 2.39 bits per heavy atom. The summed E-state index contributed by atoms with van der Waals surface area (Å²) in [6, 6.07) is 1.54. The molecule has 1 aromatic rings. The van der Waals surface area contributed by atoms with Gasteiger partial charge in [-0.3, -0.25) is 4.79 Å². The molecule has 7 heteroatoms. The van der Waals surface area contributed by atoms with Crippen molar-refractivity contribution in [3.63, 3.8) is 0 Å². The lowest BCUT2D eigenvalue weighted by Gasteiger charge is -2.16. The van der Waals surface area contributed by atoms with Gasteiger partial charge in [0.15, 0.2) is 0 Å². The van der Waals surface area contributed by atoms with E-state index >= 15 is 0 Å². The summed E-state index contributed by atoms with van der Waals surface area (Å²) >= 11 is 0. The Hall–Kier alpha value is -1.76. The standard InChI is InChI=1S/C11H12F3NO3/c1-17-8-5-6(11(12,13)14)3-4-7(8)9(15)10(16)18-2/h3-5,9H,15H2,1-2H3/t9-/m1/s1. The van der Waals surface area contributed by atoms with E-state index in [1.54, 1.807) is 0 Å². The first-order valence-corrected chi connectivity index (χ1v) is 4.89. The number of rotatable bonds is 3. The van der Waals surface area contributed by atoms with Crippen LogP contribution in [0, 0.1) is 0 Å². The average Bonchev–Trinajstić information content (AvgIpc) is 2.35. The molecule has 0 aliphatic heterocycles. The predicted molar refractivity (Wildman–Crippen MR) is 56.9 cm³/mol. The molecule has 4 nitrogen and oxygen atoms in total. The van der Waals surface area contributed by atoms with Crippen LogP contribution in [-0.4, -0.2) is 20.2 Å².